The number of hydrogen-bond acceptors (Lipinski definition) is 16. The van der Waals surface area contributed by atoms with Crippen LogP contribution in [-0.4, -0.2) is 72.0 Å². The number of methoxy groups -OCH3 is 1. The van der Waals surface area contributed by atoms with Crippen molar-refractivity contribution in [2.75, 3.05) is 7.11 Å². The van der Waals surface area contributed by atoms with Gasteiger partial charge < -0.3 is 29.8 Å². The summed E-state index contributed by atoms with van der Waals surface area (Å²) in [4.78, 5) is 58.6. The van der Waals surface area contributed by atoms with Gasteiger partial charge in [-0.3, -0.25) is 39.9 Å². The summed E-state index contributed by atoms with van der Waals surface area (Å²) < 4.78 is 7.77. The number of benzene rings is 10. The summed E-state index contributed by atoms with van der Waals surface area (Å²) in [5, 5.41) is 16.1. The van der Waals surface area contributed by atoms with Crippen LogP contribution in [0.4, 0.5) is 0 Å². The normalized spacial score (nSPS) is 10.6. The Morgan fingerprint density at radius 3 is 0.932 bits per heavy atom. The molecule has 0 aliphatic heterocycles. The summed E-state index contributed by atoms with van der Waals surface area (Å²) in [7, 11) is 1.66. The number of ether oxygens (including phenoxy) is 1. The van der Waals surface area contributed by atoms with Crippen LogP contribution in [0.25, 0.3) is 153 Å². The molecule has 0 aliphatic carbocycles. The van der Waals surface area contributed by atoms with Crippen molar-refractivity contribution in [3.63, 3.8) is 0 Å². The monoisotopic (exact) mass is 2820 g/mol. The summed E-state index contributed by atoms with van der Waals surface area (Å²) >= 11 is 3.46. The standard InChI is InChI=1S/C28H16N2.C27H16N2S2.C26H22N2O2.C23H16N2.C21H14N4.5Pt/c1-3-7-19(8-4-1)24-17-15-22-13-11-21-12-14-23-16-18-25(20-9-5-2-6-10-20)30-28(23)26(21)27(22)29-24;1-3-13-24-18(7-1)15-26(30-24)22-11-5-9-20(28-22)17-21-10-6-12-23(29-21)27-16-19-8-2-4-14-25(19)31-27;1-30-24-11-3-7-20(17-24)16-23-10-5-13-26(28-23)25-12-4-9-22(27-25)15-19-6-2-8-21(14-19)18-29;1-3-9-18(10-4-1)22-15-7-13-20(24-22)17-21-14-8-16-23(25-21)19-11-5-2-6-12-19;1-3-18(24-20(5-1)16-7-11-22-12-8-16)15-19-4-2-6-21(25-19)17-9-13-23-14-10-17;;;;;/h1-7,9,11-18H;1-14H,17H2;2-5,8-14,17,29H,15-16,18H2,1H3;1-9,11,13-16H,17H2;1-7,9,11-14H,15H2;;;;;/q5*-2;5*+2. The molecule has 146 heavy (non-hydrogen) atoms. The smallest absolute Gasteiger partial charge is 0.522 e. The zero-order valence-electron chi connectivity index (χ0n) is 78.1. The van der Waals surface area contributed by atoms with Gasteiger partial charge in [0, 0.05) is 93.9 Å². The zero-order valence-corrected chi connectivity index (χ0v) is 91.1. The molecule has 1 N–H and O–H groups in total. The van der Waals surface area contributed by atoms with E-state index in [1.54, 1.807) is 54.6 Å². The molecular formula is C125H84N12O2Pt5S2. The van der Waals surface area contributed by atoms with Gasteiger partial charge in [-0.15, -0.1) is 221 Å². The van der Waals surface area contributed by atoms with Crippen LogP contribution in [0.2, 0.25) is 0 Å². The minimum Gasteiger partial charge on any atom is -0.522 e. The largest absolute Gasteiger partial charge is 2.00 e. The fourth-order valence-electron chi connectivity index (χ4n) is 16.3. The van der Waals surface area contributed by atoms with Crippen LogP contribution < -0.4 is 4.74 Å². The number of aromatic nitrogens is 12. The molecule has 0 saturated carbocycles. The average molecular weight is 2830 g/mol. The van der Waals surface area contributed by atoms with Gasteiger partial charge in [0.1, 0.15) is 0 Å². The molecule has 14 heterocycles. The van der Waals surface area contributed by atoms with Crippen LogP contribution in [0.1, 0.15) is 62.2 Å². The van der Waals surface area contributed by atoms with Crippen LogP contribution in [-0.2, 0) is 144 Å². The molecule has 0 bridgehead atoms. The third kappa shape index (κ3) is 27.5. The maximum absolute atomic E-state index is 9.33. The van der Waals surface area contributed by atoms with Gasteiger partial charge in [-0.05, 0) is 168 Å². The second kappa shape index (κ2) is 52.6. The van der Waals surface area contributed by atoms with E-state index >= 15 is 0 Å². The molecule has 21 heteroatoms. The van der Waals surface area contributed by atoms with Crippen LogP contribution in [0.15, 0.2) is 413 Å². The predicted octanol–water partition coefficient (Wildman–Crippen LogP) is 27.5. The Bertz CT molecular complexity index is 7710. The van der Waals surface area contributed by atoms with E-state index in [4.69, 9.17) is 54.6 Å². The van der Waals surface area contributed by atoms with Gasteiger partial charge in [-0.1, -0.05) is 158 Å². The summed E-state index contributed by atoms with van der Waals surface area (Å²) in [5.41, 5.74) is 27.6. The minimum atomic E-state index is 0. The number of rotatable bonds is 21. The van der Waals surface area contributed by atoms with Gasteiger partial charge in [-0.2, -0.15) is 70.8 Å². The minimum absolute atomic E-state index is 0. The van der Waals surface area contributed by atoms with Crippen molar-refractivity contribution >= 4 is 75.4 Å². The van der Waals surface area contributed by atoms with Crippen molar-refractivity contribution in [2.24, 2.45) is 0 Å². The molecule has 24 rings (SSSR count). The number of pyridine rings is 12. The number of aliphatic hydroxyl groups is 1. The molecule has 0 aliphatic rings. The van der Waals surface area contributed by atoms with Crippen LogP contribution in [0, 0.1) is 60.7 Å². The molecule has 0 radical (unpaired) electrons. The average Bonchev–Trinajstić information content (AvgIpc) is 0.901. The Labute approximate surface area is 928 Å². The van der Waals surface area contributed by atoms with Gasteiger partial charge in [0.15, 0.2) is 0 Å². The second-order valence-electron chi connectivity index (χ2n) is 32.9. The topological polar surface area (TPSA) is 184 Å². The van der Waals surface area contributed by atoms with Gasteiger partial charge >= 0.3 is 105 Å². The summed E-state index contributed by atoms with van der Waals surface area (Å²) in [6.45, 7) is 0.0244. The van der Waals surface area contributed by atoms with E-state index in [1.165, 1.54) is 9.40 Å². The van der Waals surface area contributed by atoms with Crippen molar-refractivity contribution in [3.05, 3.63) is 536 Å². The first-order chi connectivity index (χ1) is 69.7. The van der Waals surface area contributed by atoms with Crippen LogP contribution in [0.5, 0.6) is 5.75 Å². The second-order valence-corrected chi connectivity index (χ2v) is 35.0. The number of fused-ring (bicyclic) bond motifs is 7. The summed E-state index contributed by atoms with van der Waals surface area (Å²) in [6, 6.07) is 162. The molecule has 14 aromatic heterocycles. The Kier molecular flexibility index (Phi) is 38.3. The van der Waals surface area contributed by atoms with E-state index in [0.717, 1.165) is 211 Å². The first-order valence-corrected chi connectivity index (χ1v) is 47.6. The maximum atomic E-state index is 9.33. The molecule has 0 unspecified atom stereocenters. The molecule has 24 aromatic rings. The van der Waals surface area contributed by atoms with Crippen molar-refractivity contribution in [3.8, 4) is 106 Å². The van der Waals surface area contributed by atoms with Gasteiger partial charge in [-0.25, -0.2) is 22.7 Å². The SMILES string of the molecule is COc1cc[c-]c(Cc2cccc(-c3cccc(Cc4[c-]ccc(CO)c4)n3)n2)c1.[Pt+2].[Pt+2].[Pt+2].[Pt+2].[Pt+2].[c-]1c(-c2cccc(Cc3cccc(-c4[c-]c5ccccc5s4)n3)n2)sc2ccccc12.[c-]1ccccc1-c1ccc2ccc3ccc4ccc(-c5[c-]cccc5)nc4c3c2n1.[c-]1ccccc1-c1cccc(Cc2cccc(-c3[c-]cccc3)n2)n1.[c-]1cnccc1-c1cccc(Cc2cccc(-c3[c-]cncc3)n2)n1. The van der Waals surface area contributed by atoms with E-state index in [-0.39, 0.29) is 112 Å². The fourth-order valence-corrected chi connectivity index (χ4v) is 18.3. The van der Waals surface area contributed by atoms with E-state index in [2.05, 4.69) is 192 Å². The molecule has 0 spiro atoms. The van der Waals surface area contributed by atoms with Crippen LogP contribution >= 0.6 is 22.7 Å². The zero-order chi connectivity index (χ0) is 95.1. The first kappa shape index (κ1) is 106. The molecule has 0 fully saturated rings. The number of aliphatic hydroxyl groups excluding tert-OH is 1. The first-order valence-electron chi connectivity index (χ1n) is 46.0. The maximum Gasteiger partial charge on any atom is 2.00 e. The van der Waals surface area contributed by atoms with E-state index < -0.39 is 0 Å². The molecular weight excluding hydrogens is 2740 g/mol. The van der Waals surface area contributed by atoms with Crippen molar-refractivity contribution in [1.82, 2.24) is 59.8 Å². The van der Waals surface area contributed by atoms with E-state index in [1.807, 2.05) is 267 Å². The van der Waals surface area contributed by atoms with E-state index in [9.17, 15) is 5.11 Å². The molecule has 0 atom stereocenters. The molecule has 718 valence electrons. The molecule has 0 amide bonds. The number of thiophene rings is 2. The third-order valence-electron chi connectivity index (χ3n) is 23.1. The van der Waals surface area contributed by atoms with Gasteiger partial charge in [0.05, 0.1) is 29.5 Å². The van der Waals surface area contributed by atoms with Gasteiger partial charge in [0.2, 0.25) is 0 Å². The molecule has 10 aromatic carbocycles. The summed E-state index contributed by atoms with van der Waals surface area (Å²) in [5.74, 6) is 0.816. The Morgan fingerprint density at radius 1 is 0.260 bits per heavy atom. The Morgan fingerprint density at radius 2 is 0.575 bits per heavy atom. The third-order valence-corrected chi connectivity index (χ3v) is 25.3. The van der Waals surface area contributed by atoms with Crippen molar-refractivity contribution in [1.29, 1.82) is 0 Å². The molecule has 0 saturated heterocycles. The Balaban J connectivity index is 0.000000136. The van der Waals surface area contributed by atoms with Crippen molar-refractivity contribution in [2.45, 2.75) is 38.7 Å². The fraction of sp³-hybridized carbons (Fsp3) is 0.0560. The van der Waals surface area contributed by atoms with Gasteiger partial charge in [0.25, 0.3) is 0 Å². The van der Waals surface area contributed by atoms with Crippen molar-refractivity contribution < 1.29 is 115 Å². The quantitative estimate of drug-likeness (QED) is 0.0529. The van der Waals surface area contributed by atoms with Crippen LogP contribution in [0.3, 0.4) is 0 Å². The summed E-state index contributed by atoms with van der Waals surface area (Å²) in [6.07, 6.45) is 10.2. The number of hydrogen-bond donors (Lipinski definition) is 1. The predicted molar refractivity (Wildman–Crippen MR) is 565 cm³/mol. The van der Waals surface area contributed by atoms with E-state index in [0.29, 0.717) is 32.1 Å². The Hall–Kier alpha value is -14.1. The molecule has 14 nitrogen and oxygen atoms in total. The number of nitrogens with zero attached hydrogens (tertiary/aromatic N) is 12.